The van der Waals surface area contributed by atoms with Crippen molar-refractivity contribution < 1.29 is 9.59 Å². The molecule has 9 nitrogen and oxygen atoms in total. The maximum Gasteiger partial charge on any atom is 0.254 e. The first-order valence-electron chi connectivity index (χ1n) is 10.4. The van der Waals surface area contributed by atoms with Gasteiger partial charge in [0.05, 0.1) is 24.4 Å². The van der Waals surface area contributed by atoms with E-state index in [0.29, 0.717) is 28.6 Å². The number of carbonyl (C=O) groups is 2. The van der Waals surface area contributed by atoms with Crippen LogP contribution in [0.4, 0.5) is 11.6 Å². The molecule has 2 fully saturated rings. The maximum absolute atomic E-state index is 12.0. The summed E-state index contributed by atoms with van der Waals surface area (Å²) in [7, 11) is 0. The fourth-order valence-electron chi connectivity index (χ4n) is 3.60. The van der Waals surface area contributed by atoms with E-state index < -0.39 is 0 Å². The predicted octanol–water partition coefficient (Wildman–Crippen LogP) is 2.61. The van der Waals surface area contributed by atoms with Gasteiger partial charge in [0.15, 0.2) is 5.65 Å². The lowest BCUT2D eigenvalue weighted by Crippen LogP contribution is -2.19. The number of amides is 2. The fourth-order valence-corrected chi connectivity index (χ4v) is 3.60. The molecule has 1 saturated carbocycles. The third kappa shape index (κ3) is 3.98. The van der Waals surface area contributed by atoms with Crippen LogP contribution in [0.3, 0.4) is 0 Å². The Morgan fingerprint density at radius 1 is 1.29 bits per heavy atom. The van der Waals surface area contributed by atoms with Crippen LogP contribution in [0.1, 0.15) is 49.0 Å². The second-order valence-electron chi connectivity index (χ2n) is 8.13. The molecule has 3 aromatic rings. The summed E-state index contributed by atoms with van der Waals surface area (Å²) in [4.78, 5) is 32.7. The van der Waals surface area contributed by atoms with Crippen molar-refractivity contribution in [3.63, 3.8) is 0 Å². The Balaban J connectivity index is 1.53. The Morgan fingerprint density at radius 3 is 2.84 bits per heavy atom. The SMILES string of the molecule is Cc1ccnc(C(C)Nc2cc(NC3CC3)n3ncc(/C=C4\CC(=O)NC4=O)c3n2)c1. The molecule has 1 aliphatic heterocycles. The first kappa shape index (κ1) is 19.2. The van der Waals surface area contributed by atoms with Gasteiger partial charge in [-0.3, -0.25) is 19.9 Å². The zero-order valence-corrected chi connectivity index (χ0v) is 17.3. The molecule has 3 aromatic heterocycles. The van der Waals surface area contributed by atoms with E-state index in [1.165, 1.54) is 0 Å². The number of anilines is 2. The molecule has 0 aromatic carbocycles. The quantitative estimate of drug-likeness (QED) is 0.417. The Bertz CT molecular complexity index is 1230. The largest absolute Gasteiger partial charge is 0.367 e. The molecule has 0 bridgehead atoms. The molecule has 2 aliphatic rings. The van der Waals surface area contributed by atoms with Gasteiger partial charge in [-0.25, -0.2) is 4.98 Å². The summed E-state index contributed by atoms with van der Waals surface area (Å²) in [5.74, 6) is 0.849. The average Bonchev–Trinajstić information content (AvgIpc) is 3.37. The highest BCUT2D eigenvalue weighted by Crippen LogP contribution is 2.29. The van der Waals surface area contributed by atoms with Crippen LogP contribution in [0.5, 0.6) is 0 Å². The van der Waals surface area contributed by atoms with Crippen LogP contribution in [0.2, 0.25) is 0 Å². The Kier molecular flexibility index (Phi) is 4.65. The molecule has 5 rings (SSSR count). The number of rotatable bonds is 6. The van der Waals surface area contributed by atoms with Gasteiger partial charge >= 0.3 is 0 Å². The second kappa shape index (κ2) is 7.50. The first-order chi connectivity index (χ1) is 15.0. The minimum Gasteiger partial charge on any atom is -0.367 e. The van der Waals surface area contributed by atoms with Crippen molar-refractivity contribution >= 4 is 35.2 Å². The molecule has 31 heavy (non-hydrogen) atoms. The van der Waals surface area contributed by atoms with Gasteiger partial charge in [0.25, 0.3) is 5.91 Å². The van der Waals surface area contributed by atoms with Crippen molar-refractivity contribution in [1.82, 2.24) is 24.9 Å². The number of hydrogen-bond acceptors (Lipinski definition) is 7. The van der Waals surface area contributed by atoms with Crippen LogP contribution >= 0.6 is 0 Å². The smallest absolute Gasteiger partial charge is 0.254 e. The van der Waals surface area contributed by atoms with Crippen LogP contribution in [-0.4, -0.2) is 37.4 Å². The molecular formula is C22H23N7O2. The number of fused-ring (bicyclic) bond motifs is 1. The van der Waals surface area contributed by atoms with Gasteiger partial charge in [0.1, 0.15) is 11.6 Å². The normalized spacial score (nSPS) is 18.5. The minimum atomic E-state index is -0.367. The summed E-state index contributed by atoms with van der Waals surface area (Å²) in [5.41, 5.74) is 3.78. The van der Waals surface area contributed by atoms with E-state index in [1.807, 2.05) is 32.0 Å². The lowest BCUT2D eigenvalue weighted by atomic mass is 10.1. The molecule has 1 saturated heterocycles. The molecule has 1 unspecified atom stereocenters. The summed E-state index contributed by atoms with van der Waals surface area (Å²) < 4.78 is 1.74. The Labute approximate surface area is 179 Å². The molecule has 1 atom stereocenters. The molecule has 0 spiro atoms. The number of nitrogens with one attached hydrogen (secondary N) is 3. The van der Waals surface area contributed by atoms with Crippen LogP contribution in [0.15, 0.2) is 36.2 Å². The van der Waals surface area contributed by atoms with Crippen molar-refractivity contribution in [1.29, 1.82) is 0 Å². The van der Waals surface area contributed by atoms with E-state index in [9.17, 15) is 9.59 Å². The average molecular weight is 417 g/mol. The van der Waals surface area contributed by atoms with Crippen LogP contribution in [0, 0.1) is 6.92 Å². The standard InChI is InChI=1S/C22H23N7O2/c1-12-5-6-23-17(7-12)13(2)25-18-10-19(26-16-3-4-16)29-21(27-18)15(11-24-29)8-14-9-20(30)28-22(14)31/h5-8,10-11,13,16,26H,3-4,9H2,1-2H3,(H,25,27)(H,28,30,31)/b14-8+. The number of aromatic nitrogens is 4. The summed E-state index contributed by atoms with van der Waals surface area (Å²) >= 11 is 0. The van der Waals surface area contributed by atoms with E-state index >= 15 is 0 Å². The highest BCUT2D eigenvalue weighted by atomic mass is 16.2. The summed E-state index contributed by atoms with van der Waals surface area (Å²) in [6.07, 6.45) is 7.46. The van der Waals surface area contributed by atoms with Crippen molar-refractivity contribution in [3.8, 4) is 0 Å². The zero-order valence-electron chi connectivity index (χ0n) is 17.3. The monoisotopic (exact) mass is 417 g/mol. The van der Waals surface area contributed by atoms with Gasteiger partial charge < -0.3 is 10.6 Å². The summed E-state index contributed by atoms with van der Waals surface area (Å²) in [6.45, 7) is 4.07. The van der Waals surface area contributed by atoms with Gasteiger partial charge in [-0.15, -0.1) is 0 Å². The third-order valence-corrected chi connectivity index (χ3v) is 5.40. The van der Waals surface area contributed by atoms with Crippen molar-refractivity contribution in [3.05, 3.63) is 53.0 Å². The third-order valence-electron chi connectivity index (χ3n) is 5.40. The molecule has 3 N–H and O–H groups in total. The predicted molar refractivity (Wildman–Crippen MR) is 116 cm³/mol. The molecule has 9 heteroatoms. The summed E-state index contributed by atoms with van der Waals surface area (Å²) in [6, 6.07) is 6.33. The highest BCUT2D eigenvalue weighted by Gasteiger charge is 2.26. The van der Waals surface area contributed by atoms with Gasteiger partial charge in [-0.2, -0.15) is 9.61 Å². The molecule has 4 heterocycles. The molecule has 1 aliphatic carbocycles. The molecule has 158 valence electrons. The van der Waals surface area contributed by atoms with E-state index in [1.54, 1.807) is 23.0 Å². The highest BCUT2D eigenvalue weighted by molar-refractivity contribution is 6.15. The maximum atomic E-state index is 12.0. The van der Waals surface area contributed by atoms with Crippen molar-refractivity contribution in [2.24, 2.45) is 0 Å². The van der Waals surface area contributed by atoms with Crippen molar-refractivity contribution in [2.45, 2.75) is 45.2 Å². The second-order valence-corrected chi connectivity index (χ2v) is 8.13. The van der Waals surface area contributed by atoms with Crippen molar-refractivity contribution in [2.75, 3.05) is 10.6 Å². The van der Waals surface area contributed by atoms with Gasteiger partial charge in [-0.05, 0) is 50.5 Å². The fraction of sp³-hybridized carbons (Fsp3) is 0.318. The van der Waals surface area contributed by atoms with Gasteiger partial charge in [0.2, 0.25) is 5.91 Å². The number of imide groups is 1. The lowest BCUT2D eigenvalue weighted by molar-refractivity contribution is -0.124. The lowest BCUT2D eigenvalue weighted by Gasteiger charge is -2.16. The van der Waals surface area contributed by atoms with Gasteiger partial charge in [-0.1, -0.05) is 0 Å². The summed E-state index contributed by atoms with van der Waals surface area (Å²) in [5, 5.41) is 13.7. The topological polar surface area (TPSA) is 113 Å². The Morgan fingerprint density at radius 2 is 2.13 bits per heavy atom. The molecular weight excluding hydrogens is 394 g/mol. The van der Waals surface area contributed by atoms with Crippen LogP contribution in [0.25, 0.3) is 11.7 Å². The van der Waals surface area contributed by atoms with E-state index in [0.717, 1.165) is 29.9 Å². The number of carbonyl (C=O) groups excluding carboxylic acids is 2. The first-order valence-corrected chi connectivity index (χ1v) is 10.4. The number of nitrogens with zero attached hydrogens (tertiary/aromatic N) is 4. The minimum absolute atomic E-state index is 0.0495. The Hall–Kier alpha value is -3.75. The van der Waals surface area contributed by atoms with E-state index in [2.05, 4.69) is 26.0 Å². The number of pyridine rings is 1. The molecule has 2 amide bonds. The van der Waals surface area contributed by atoms with Crippen LogP contribution in [-0.2, 0) is 9.59 Å². The van der Waals surface area contributed by atoms with E-state index in [-0.39, 0.29) is 24.3 Å². The number of aryl methyl sites for hydroxylation is 1. The van der Waals surface area contributed by atoms with Crippen LogP contribution < -0.4 is 16.0 Å². The molecule has 0 radical (unpaired) electrons. The number of hydrogen-bond donors (Lipinski definition) is 3. The van der Waals surface area contributed by atoms with Gasteiger partial charge in [0, 0.05) is 29.4 Å². The zero-order chi connectivity index (χ0) is 21.5. The van der Waals surface area contributed by atoms with E-state index in [4.69, 9.17) is 4.98 Å².